The first-order valence-corrected chi connectivity index (χ1v) is 5.69. The number of carbonyl (C=O) groups excluding carboxylic acids is 1. The van der Waals surface area contributed by atoms with Gasteiger partial charge < -0.3 is 14.8 Å². The molecule has 0 radical (unpaired) electrons. The Morgan fingerprint density at radius 2 is 2.26 bits per heavy atom. The topological polar surface area (TPSA) is 90.7 Å². The molecule has 0 fully saturated rings. The highest BCUT2D eigenvalue weighted by Gasteiger charge is 2.18. The van der Waals surface area contributed by atoms with Crippen LogP contribution >= 0.6 is 11.6 Å². The predicted molar refractivity (Wildman–Crippen MR) is 68.5 cm³/mol. The molecule has 7 nitrogen and oxygen atoms in total. The smallest absolute Gasteiger partial charge is 0.326 e. The first-order valence-electron chi connectivity index (χ1n) is 5.31. The van der Waals surface area contributed by atoms with E-state index in [4.69, 9.17) is 16.3 Å². The van der Waals surface area contributed by atoms with Crippen LogP contribution in [0.3, 0.4) is 0 Å². The molecule has 1 aromatic carbocycles. The molecule has 0 aliphatic heterocycles. The number of nitrogens with one attached hydrogen (secondary N) is 1. The van der Waals surface area contributed by atoms with Gasteiger partial charge in [-0.3, -0.25) is 14.9 Å². The molecule has 8 heteroatoms. The summed E-state index contributed by atoms with van der Waals surface area (Å²) in [4.78, 5) is 21.3. The second kappa shape index (κ2) is 6.91. The van der Waals surface area contributed by atoms with Crippen LogP contribution in [0.15, 0.2) is 18.2 Å². The lowest BCUT2D eigenvalue weighted by Gasteiger charge is -2.15. The first-order chi connectivity index (χ1) is 8.99. The van der Waals surface area contributed by atoms with Crippen LogP contribution in [0.4, 0.5) is 5.69 Å². The van der Waals surface area contributed by atoms with Gasteiger partial charge >= 0.3 is 5.97 Å². The second-order valence-corrected chi connectivity index (χ2v) is 3.95. The van der Waals surface area contributed by atoms with Crippen molar-refractivity contribution in [1.82, 2.24) is 5.32 Å². The van der Waals surface area contributed by atoms with Gasteiger partial charge in [0.1, 0.15) is 18.4 Å². The fourth-order valence-electron chi connectivity index (χ4n) is 1.30. The summed E-state index contributed by atoms with van der Waals surface area (Å²) >= 11 is 5.85. The number of methoxy groups -OCH3 is 1. The number of halogens is 1. The van der Waals surface area contributed by atoms with E-state index >= 15 is 0 Å². The molecule has 1 aromatic rings. The van der Waals surface area contributed by atoms with Crippen molar-refractivity contribution >= 4 is 23.3 Å². The zero-order chi connectivity index (χ0) is 14.4. The number of hydrogen-bond acceptors (Lipinski definition) is 6. The van der Waals surface area contributed by atoms with Gasteiger partial charge in [0.2, 0.25) is 0 Å². The molecule has 1 atom stereocenters. The number of nitro groups is 1. The van der Waals surface area contributed by atoms with Crippen LogP contribution in [0.2, 0.25) is 5.02 Å². The van der Waals surface area contributed by atoms with Crippen LogP contribution in [0, 0.1) is 10.1 Å². The Labute approximate surface area is 114 Å². The summed E-state index contributed by atoms with van der Waals surface area (Å²) in [6.07, 6.45) is 0. The van der Waals surface area contributed by atoms with Crippen LogP contribution in [-0.2, 0) is 9.53 Å². The summed E-state index contributed by atoms with van der Waals surface area (Å²) < 4.78 is 9.90. The van der Waals surface area contributed by atoms with Crippen molar-refractivity contribution < 1.29 is 19.2 Å². The number of ether oxygens (including phenoxy) is 2. The quantitative estimate of drug-likeness (QED) is 0.483. The van der Waals surface area contributed by atoms with Crippen molar-refractivity contribution in [2.24, 2.45) is 0 Å². The van der Waals surface area contributed by atoms with Crippen molar-refractivity contribution in [3.8, 4) is 5.75 Å². The highest BCUT2D eigenvalue weighted by Crippen LogP contribution is 2.28. The third-order valence-corrected chi connectivity index (χ3v) is 2.66. The maximum absolute atomic E-state index is 11.3. The molecular formula is C11H13ClN2O5. The van der Waals surface area contributed by atoms with E-state index in [1.807, 2.05) is 0 Å². The summed E-state index contributed by atoms with van der Waals surface area (Å²) in [7, 11) is 2.86. The lowest BCUT2D eigenvalue weighted by Crippen LogP contribution is -2.40. The zero-order valence-corrected chi connectivity index (χ0v) is 11.1. The summed E-state index contributed by atoms with van der Waals surface area (Å²) in [6.45, 7) is 0.000699. The monoisotopic (exact) mass is 288 g/mol. The van der Waals surface area contributed by atoms with Gasteiger partial charge in [0.05, 0.1) is 17.1 Å². The Hall–Kier alpha value is -1.86. The Morgan fingerprint density at radius 1 is 1.58 bits per heavy atom. The van der Waals surface area contributed by atoms with Gasteiger partial charge in [-0.25, -0.2) is 0 Å². The Kier molecular flexibility index (Phi) is 5.53. The van der Waals surface area contributed by atoms with Gasteiger partial charge in [-0.15, -0.1) is 0 Å². The molecule has 0 aromatic heterocycles. The van der Waals surface area contributed by atoms with Crippen molar-refractivity contribution in [3.63, 3.8) is 0 Å². The van der Waals surface area contributed by atoms with E-state index in [0.29, 0.717) is 0 Å². The summed E-state index contributed by atoms with van der Waals surface area (Å²) in [6, 6.07) is 3.19. The minimum absolute atomic E-state index is 0.000699. The lowest BCUT2D eigenvalue weighted by molar-refractivity contribution is -0.384. The molecule has 0 aliphatic carbocycles. The van der Waals surface area contributed by atoms with E-state index in [1.54, 1.807) is 7.05 Å². The average molecular weight is 289 g/mol. The fraction of sp³-hybridized carbons (Fsp3) is 0.364. The number of hydrogen-bond donors (Lipinski definition) is 1. The number of carbonyl (C=O) groups is 1. The number of likely N-dealkylation sites (N-methyl/N-ethyl adjacent to an activating group) is 1. The molecule has 1 N–H and O–H groups in total. The van der Waals surface area contributed by atoms with Crippen LogP contribution in [0.5, 0.6) is 5.75 Å². The maximum Gasteiger partial charge on any atom is 0.326 e. The fourth-order valence-corrected chi connectivity index (χ4v) is 1.53. The molecule has 0 heterocycles. The van der Waals surface area contributed by atoms with E-state index in [9.17, 15) is 14.9 Å². The van der Waals surface area contributed by atoms with Gasteiger partial charge in [0.25, 0.3) is 5.69 Å². The molecule has 0 amide bonds. The number of nitro benzene ring substituents is 1. The van der Waals surface area contributed by atoms with E-state index in [0.717, 1.165) is 0 Å². The van der Waals surface area contributed by atoms with Crippen molar-refractivity contribution in [3.05, 3.63) is 33.3 Å². The molecule has 0 aliphatic rings. The summed E-state index contributed by atoms with van der Waals surface area (Å²) in [5.74, 6) is -0.211. The molecule has 0 bridgehead atoms. The standard InChI is InChI=1S/C11H13ClN2O5/c1-13-9(11(15)18-2)6-19-10-4-3-7(14(16)17)5-8(10)12/h3-5,9,13H,6H2,1-2H3. The SMILES string of the molecule is CNC(COc1ccc([N+](=O)[O-])cc1Cl)C(=O)OC. The first kappa shape index (κ1) is 15.2. The molecule has 0 saturated carbocycles. The van der Waals surface area contributed by atoms with Gasteiger partial charge in [-0.2, -0.15) is 0 Å². The second-order valence-electron chi connectivity index (χ2n) is 3.55. The van der Waals surface area contributed by atoms with E-state index in [-0.39, 0.29) is 23.1 Å². The van der Waals surface area contributed by atoms with Gasteiger partial charge in [0.15, 0.2) is 0 Å². The highest BCUT2D eigenvalue weighted by atomic mass is 35.5. The van der Waals surface area contributed by atoms with Crippen molar-refractivity contribution in [2.45, 2.75) is 6.04 Å². The zero-order valence-electron chi connectivity index (χ0n) is 10.4. The number of nitrogens with zero attached hydrogens (tertiary/aromatic N) is 1. The molecule has 19 heavy (non-hydrogen) atoms. The molecule has 0 spiro atoms. The van der Waals surface area contributed by atoms with E-state index < -0.39 is 16.9 Å². The van der Waals surface area contributed by atoms with Crippen LogP contribution in [0.1, 0.15) is 0 Å². The van der Waals surface area contributed by atoms with Crippen molar-refractivity contribution in [2.75, 3.05) is 20.8 Å². The predicted octanol–water partition coefficient (Wildman–Crippen LogP) is 1.39. The molecule has 1 unspecified atom stereocenters. The van der Waals surface area contributed by atoms with Crippen LogP contribution in [0.25, 0.3) is 0 Å². The summed E-state index contributed by atoms with van der Waals surface area (Å²) in [5.41, 5.74) is -0.129. The van der Waals surface area contributed by atoms with Crippen LogP contribution < -0.4 is 10.1 Å². The Balaban J connectivity index is 2.72. The normalized spacial score (nSPS) is 11.7. The van der Waals surface area contributed by atoms with E-state index in [1.165, 1.54) is 25.3 Å². The number of benzene rings is 1. The minimum Gasteiger partial charge on any atom is -0.490 e. The van der Waals surface area contributed by atoms with Gasteiger partial charge in [-0.1, -0.05) is 11.6 Å². The summed E-state index contributed by atoms with van der Waals surface area (Å²) in [5, 5.41) is 13.4. The number of rotatable bonds is 6. The molecule has 0 saturated heterocycles. The maximum atomic E-state index is 11.3. The number of esters is 1. The molecular weight excluding hydrogens is 276 g/mol. The Morgan fingerprint density at radius 3 is 2.74 bits per heavy atom. The lowest BCUT2D eigenvalue weighted by atomic mass is 10.3. The van der Waals surface area contributed by atoms with Gasteiger partial charge in [0, 0.05) is 12.1 Å². The minimum atomic E-state index is -0.642. The third-order valence-electron chi connectivity index (χ3n) is 2.37. The van der Waals surface area contributed by atoms with Crippen LogP contribution in [-0.4, -0.2) is 37.7 Å². The largest absolute Gasteiger partial charge is 0.490 e. The average Bonchev–Trinajstić information content (AvgIpc) is 2.40. The molecule has 1 rings (SSSR count). The Bertz CT molecular complexity index is 480. The molecule has 104 valence electrons. The number of non-ortho nitro benzene ring substituents is 1. The van der Waals surface area contributed by atoms with Crippen molar-refractivity contribution in [1.29, 1.82) is 0 Å². The third kappa shape index (κ3) is 4.08. The van der Waals surface area contributed by atoms with E-state index in [2.05, 4.69) is 10.1 Å². The van der Waals surface area contributed by atoms with Gasteiger partial charge in [-0.05, 0) is 13.1 Å². The highest BCUT2D eigenvalue weighted by molar-refractivity contribution is 6.32.